The normalized spacial score (nSPS) is 15.7. The van der Waals surface area contributed by atoms with E-state index in [0.29, 0.717) is 10.9 Å². The third kappa shape index (κ3) is 3.02. The van der Waals surface area contributed by atoms with Crippen molar-refractivity contribution in [2.75, 3.05) is 13.1 Å². The smallest absolute Gasteiger partial charge is 0.219 e. The van der Waals surface area contributed by atoms with Crippen LogP contribution in [0, 0.1) is 0 Å². The molecule has 1 aliphatic heterocycles. The maximum Gasteiger partial charge on any atom is 0.219 e. The molecule has 1 fully saturated rings. The third-order valence-electron chi connectivity index (χ3n) is 5.00. The monoisotopic (exact) mass is 353 g/mol. The summed E-state index contributed by atoms with van der Waals surface area (Å²) < 4.78 is 1.98. The minimum atomic E-state index is 0.157. The number of carbonyl (C=O) groups is 1. The highest BCUT2D eigenvalue weighted by Crippen LogP contribution is 2.34. The van der Waals surface area contributed by atoms with Crippen molar-refractivity contribution in [3.63, 3.8) is 0 Å². The second-order valence-corrected chi connectivity index (χ2v) is 7.01. The zero-order valence-corrected chi connectivity index (χ0v) is 14.9. The molecule has 1 amide bonds. The van der Waals surface area contributed by atoms with Crippen LogP contribution >= 0.6 is 11.6 Å². The summed E-state index contributed by atoms with van der Waals surface area (Å²) >= 11 is 6.24. The quantitative estimate of drug-likeness (QED) is 0.684. The van der Waals surface area contributed by atoms with Gasteiger partial charge in [0.2, 0.25) is 5.91 Å². The van der Waals surface area contributed by atoms with Gasteiger partial charge in [0.15, 0.2) is 0 Å². The van der Waals surface area contributed by atoms with Crippen molar-refractivity contribution in [2.24, 2.45) is 0 Å². The van der Waals surface area contributed by atoms with Crippen LogP contribution < -0.4 is 0 Å². The first-order valence-corrected chi connectivity index (χ1v) is 9.00. The van der Waals surface area contributed by atoms with Crippen molar-refractivity contribution < 1.29 is 4.79 Å². The number of aromatic nitrogens is 2. The average molecular weight is 354 g/mol. The van der Waals surface area contributed by atoms with E-state index in [1.807, 2.05) is 39.9 Å². The van der Waals surface area contributed by atoms with Gasteiger partial charge in [0.05, 0.1) is 16.9 Å². The van der Waals surface area contributed by atoms with Crippen LogP contribution in [0.1, 0.15) is 31.4 Å². The number of amides is 1. The number of para-hydroxylation sites is 1. The lowest BCUT2D eigenvalue weighted by atomic mass is 9.91. The van der Waals surface area contributed by atoms with E-state index < -0.39 is 0 Å². The molecule has 0 N–H and O–H groups in total. The molecule has 0 spiro atoms. The van der Waals surface area contributed by atoms with E-state index in [-0.39, 0.29) is 5.91 Å². The number of carbonyl (C=O) groups excluding carboxylic acids is 1. The number of halogens is 1. The van der Waals surface area contributed by atoms with Gasteiger partial charge >= 0.3 is 0 Å². The maximum atomic E-state index is 11.6. The Labute approximate surface area is 152 Å². The van der Waals surface area contributed by atoms with Crippen molar-refractivity contribution in [2.45, 2.75) is 25.7 Å². The van der Waals surface area contributed by atoms with Crippen molar-refractivity contribution >= 4 is 28.4 Å². The van der Waals surface area contributed by atoms with Crippen LogP contribution in [0.15, 0.2) is 48.5 Å². The molecule has 0 unspecified atom stereocenters. The molecule has 2 aromatic carbocycles. The molecule has 3 aromatic rings. The first kappa shape index (κ1) is 16.2. The number of rotatable bonds is 2. The van der Waals surface area contributed by atoms with Crippen molar-refractivity contribution in [1.29, 1.82) is 0 Å². The molecule has 1 aromatic heterocycles. The summed E-state index contributed by atoms with van der Waals surface area (Å²) in [5.74, 6) is 0.522. The van der Waals surface area contributed by atoms with E-state index in [1.54, 1.807) is 6.92 Å². The van der Waals surface area contributed by atoms with E-state index >= 15 is 0 Å². The largest absolute Gasteiger partial charge is 0.343 e. The van der Waals surface area contributed by atoms with Gasteiger partial charge in [0, 0.05) is 36.3 Å². The Hall–Kier alpha value is -2.33. The number of benzene rings is 2. The SMILES string of the molecule is CC(=O)N1CCC(c2nn(-c3ccccc3)c3cc(Cl)ccc23)CC1. The summed E-state index contributed by atoms with van der Waals surface area (Å²) in [6.45, 7) is 3.24. The summed E-state index contributed by atoms with van der Waals surface area (Å²) in [5, 5.41) is 6.81. The fraction of sp³-hybridized carbons (Fsp3) is 0.300. The number of hydrogen-bond donors (Lipinski definition) is 0. The Morgan fingerprint density at radius 3 is 2.52 bits per heavy atom. The molecular weight excluding hydrogens is 334 g/mol. The van der Waals surface area contributed by atoms with Crippen LogP contribution in [0.25, 0.3) is 16.6 Å². The highest BCUT2D eigenvalue weighted by molar-refractivity contribution is 6.31. The molecule has 4 nitrogen and oxygen atoms in total. The lowest BCUT2D eigenvalue weighted by Gasteiger charge is -2.30. The van der Waals surface area contributed by atoms with Gasteiger partial charge in [0.25, 0.3) is 0 Å². The van der Waals surface area contributed by atoms with E-state index in [0.717, 1.165) is 48.2 Å². The summed E-state index contributed by atoms with van der Waals surface area (Å²) in [5.41, 5.74) is 3.17. The van der Waals surface area contributed by atoms with Crippen molar-refractivity contribution in [1.82, 2.24) is 14.7 Å². The molecule has 4 rings (SSSR count). The van der Waals surface area contributed by atoms with Gasteiger partial charge in [-0.2, -0.15) is 5.10 Å². The Morgan fingerprint density at radius 1 is 1.12 bits per heavy atom. The molecule has 0 aliphatic carbocycles. The molecule has 0 bridgehead atoms. The lowest BCUT2D eigenvalue weighted by Crippen LogP contribution is -2.36. The van der Waals surface area contributed by atoms with E-state index in [1.165, 1.54) is 0 Å². The van der Waals surface area contributed by atoms with E-state index in [9.17, 15) is 4.79 Å². The fourth-order valence-corrected chi connectivity index (χ4v) is 3.81. The van der Waals surface area contributed by atoms with Crippen molar-refractivity contribution in [3.05, 3.63) is 59.2 Å². The number of likely N-dealkylation sites (tertiary alicyclic amines) is 1. The summed E-state index contributed by atoms with van der Waals surface area (Å²) in [6, 6.07) is 16.1. The summed E-state index contributed by atoms with van der Waals surface area (Å²) in [7, 11) is 0. The number of hydrogen-bond acceptors (Lipinski definition) is 2. The van der Waals surface area contributed by atoms with Crippen LogP contribution in [0.5, 0.6) is 0 Å². The highest BCUT2D eigenvalue weighted by atomic mass is 35.5. The zero-order valence-electron chi connectivity index (χ0n) is 14.2. The summed E-state index contributed by atoms with van der Waals surface area (Å²) in [4.78, 5) is 13.5. The van der Waals surface area contributed by atoms with Crippen LogP contribution in [0.4, 0.5) is 0 Å². The molecule has 0 radical (unpaired) electrons. The second-order valence-electron chi connectivity index (χ2n) is 6.57. The van der Waals surface area contributed by atoms with Crippen LogP contribution in [0.3, 0.4) is 0 Å². The molecule has 1 saturated heterocycles. The van der Waals surface area contributed by atoms with Crippen LogP contribution in [-0.4, -0.2) is 33.7 Å². The maximum absolute atomic E-state index is 11.6. The molecule has 0 saturated carbocycles. The zero-order chi connectivity index (χ0) is 17.4. The Kier molecular flexibility index (Phi) is 4.22. The number of nitrogens with zero attached hydrogens (tertiary/aromatic N) is 3. The molecule has 5 heteroatoms. The average Bonchev–Trinajstić information content (AvgIpc) is 3.01. The van der Waals surface area contributed by atoms with Crippen LogP contribution in [0.2, 0.25) is 5.02 Å². The lowest BCUT2D eigenvalue weighted by molar-refractivity contribution is -0.129. The van der Waals surface area contributed by atoms with Gasteiger partial charge in [-0.15, -0.1) is 0 Å². The number of piperidine rings is 1. The topological polar surface area (TPSA) is 38.1 Å². The molecule has 1 aliphatic rings. The van der Waals surface area contributed by atoms with E-state index in [4.69, 9.17) is 16.7 Å². The first-order valence-electron chi connectivity index (χ1n) is 8.62. The Morgan fingerprint density at radius 2 is 1.84 bits per heavy atom. The minimum Gasteiger partial charge on any atom is -0.343 e. The molecule has 25 heavy (non-hydrogen) atoms. The van der Waals surface area contributed by atoms with Crippen LogP contribution in [-0.2, 0) is 4.79 Å². The standard InChI is InChI=1S/C20H20ClN3O/c1-14(25)23-11-9-15(10-12-23)20-18-8-7-16(21)13-19(18)24(22-20)17-5-3-2-4-6-17/h2-8,13,15H,9-12H2,1H3. The van der Waals surface area contributed by atoms with Gasteiger partial charge in [-0.25, -0.2) is 4.68 Å². The molecule has 0 atom stereocenters. The number of fused-ring (bicyclic) bond motifs is 1. The Balaban J connectivity index is 1.76. The second kappa shape index (κ2) is 6.52. The van der Waals surface area contributed by atoms with Gasteiger partial charge in [-0.05, 0) is 43.2 Å². The molecule has 128 valence electrons. The van der Waals surface area contributed by atoms with Gasteiger partial charge < -0.3 is 4.90 Å². The molecular formula is C20H20ClN3O. The minimum absolute atomic E-state index is 0.157. The Bertz CT molecular complexity index is 911. The predicted octanol–water partition coefficient (Wildman–Crippen LogP) is 4.40. The predicted molar refractivity (Wildman–Crippen MR) is 100 cm³/mol. The van der Waals surface area contributed by atoms with Gasteiger partial charge in [0.1, 0.15) is 0 Å². The van der Waals surface area contributed by atoms with Gasteiger partial charge in [-0.3, -0.25) is 4.79 Å². The van der Waals surface area contributed by atoms with Crippen molar-refractivity contribution in [3.8, 4) is 5.69 Å². The van der Waals surface area contributed by atoms with Gasteiger partial charge in [-0.1, -0.05) is 29.8 Å². The summed E-state index contributed by atoms with van der Waals surface area (Å²) in [6.07, 6.45) is 1.90. The third-order valence-corrected chi connectivity index (χ3v) is 5.23. The van der Waals surface area contributed by atoms with E-state index in [2.05, 4.69) is 18.2 Å². The molecule has 2 heterocycles. The fourth-order valence-electron chi connectivity index (χ4n) is 3.65. The highest BCUT2D eigenvalue weighted by Gasteiger charge is 2.26. The first-order chi connectivity index (χ1) is 12.1.